The highest BCUT2D eigenvalue weighted by Crippen LogP contribution is 2.30. The van der Waals surface area contributed by atoms with Crippen LogP contribution in [0.1, 0.15) is 46.9 Å². The highest BCUT2D eigenvalue weighted by Gasteiger charge is 2.16. The van der Waals surface area contributed by atoms with E-state index in [-0.39, 0.29) is 0 Å². The van der Waals surface area contributed by atoms with Crippen molar-refractivity contribution in [2.24, 2.45) is 7.05 Å². The lowest BCUT2D eigenvalue weighted by molar-refractivity contribution is 0.0697. The Morgan fingerprint density at radius 1 is 1.32 bits per heavy atom. The van der Waals surface area contributed by atoms with Crippen LogP contribution in [0.2, 0.25) is 0 Å². The molecule has 0 atom stereocenters. The summed E-state index contributed by atoms with van der Waals surface area (Å²) in [7, 11) is 2.06. The van der Waals surface area contributed by atoms with Crippen LogP contribution in [0.25, 0.3) is 10.9 Å². The molecule has 0 unspecified atom stereocenters. The second-order valence-electron chi connectivity index (χ2n) is 5.22. The Morgan fingerprint density at radius 3 is 2.58 bits per heavy atom. The number of aromatic carboxylic acids is 1. The predicted molar refractivity (Wildman–Crippen MR) is 78.0 cm³/mol. The molecule has 0 amide bonds. The van der Waals surface area contributed by atoms with E-state index >= 15 is 0 Å². The molecule has 0 fully saturated rings. The Bertz CT molecular complexity index is 638. The Kier molecular flexibility index (Phi) is 3.65. The van der Waals surface area contributed by atoms with E-state index in [0.717, 1.165) is 35.7 Å². The number of aromatic nitrogens is 1. The normalized spacial score (nSPS) is 11.2. The van der Waals surface area contributed by atoms with E-state index < -0.39 is 5.97 Å². The summed E-state index contributed by atoms with van der Waals surface area (Å²) < 4.78 is 2.18. The Hall–Kier alpha value is -1.77. The second-order valence-corrected chi connectivity index (χ2v) is 5.22. The first-order valence-corrected chi connectivity index (χ1v) is 6.79. The van der Waals surface area contributed by atoms with Gasteiger partial charge in [0.05, 0.1) is 11.1 Å². The first kappa shape index (κ1) is 13.7. The van der Waals surface area contributed by atoms with Crippen LogP contribution < -0.4 is 0 Å². The van der Waals surface area contributed by atoms with Crippen LogP contribution in [-0.2, 0) is 13.5 Å². The molecule has 0 aliphatic rings. The quantitative estimate of drug-likeness (QED) is 0.906. The van der Waals surface area contributed by atoms with Crippen LogP contribution in [0.5, 0.6) is 0 Å². The zero-order valence-corrected chi connectivity index (χ0v) is 12.1. The molecule has 0 aliphatic heterocycles. The number of benzene rings is 1. The van der Waals surface area contributed by atoms with Crippen molar-refractivity contribution >= 4 is 16.9 Å². The van der Waals surface area contributed by atoms with Crippen LogP contribution in [0, 0.1) is 13.8 Å². The smallest absolute Gasteiger partial charge is 0.335 e. The molecule has 1 N–H and O–H groups in total. The molecule has 0 aliphatic carbocycles. The molecule has 0 radical (unpaired) electrons. The van der Waals surface area contributed by atoms with Crippen molar-refractivity contribution in [2.45, 2.75) is 40.0 Å². The fourth-order valence-corrected chi connectivity index (χ4v) is 2.81. The summed E-state index contributed by atoms with van der Waals surface area (Å²) in [6, 6.07) is 3.58. The number of carboxylic acid groups (broad SMARTS) is 1. The molecule has 2 aromatic rings. The van der Waals surface area contributed by atoms with E-state index in [1.165, 1.54) is 11.3 Å². The number of rotatable bonds is 4. The summed E-state index contributed by atoms with van der Waals surface area (Å²) in [6.45, 7) is 6.27. The lowest BCUT2D eigenvalue weighted by Gasteiger charge is -2.04. The van der Waals surface area contributed by atoms with Crippen LogP contribution in [-0.4, -0.2) is 15.6 Å². The van der Waals surface area contributed by atoms with E-state index in [4.69, 9.17) is 0 Å². The summed E-state index contributed by atoms with van der Waals surface area (Å²) in [5.41, 5.74) is 5.12. The number of carboxylic acids is 1. The van der Waals surface area contributed by atoms with E-state index in [9.17, 15) is 9.90 Å². The SMILES string of the molecule is CCCCc1c(C)n(C)c2c(C)cc(C(=O)O)cc12. The molecule has 1 aromatic heterocycles. The zero-order valence-electron chi connectivity index (χ0n) is 12.1. The van der Waals surface area contributed by atoms with Crippen molar-refractivity contribution in [3.05, 3.63) is 34.5 Å². The fourth-order valence-electron chi connectivity index (χ4n) is 2.81. The second kappa shape index (κ2) is 5.08. The highest BCUT2D eigenvalue weighted by molar-refractivity contribution is 5.97. The lowest BCUT2D eigenvalue weighted by atomic mass is 10.0. The van der Waals surface area contributed by atoms with Gasteiger partial charge in [0, 0.05) is 18.1 Å². The standard InChI is InChI=1S/C16H21NO2/c1-5-6-7-13-11(3)17(4)15-10(2)8-12(16(18)19)9-14(13)15/h8-9H,5-7H2,1-4H3,(H,18,19). The number of carbonyl (C=O) groups is 1. The van der Waals surface area contributed by atoms with Gasteiger partial charge >= 0.3 is 5.97 Å². The van der Waals surface area contributed by atoms with Crippen LogP contribution >= 0.6 is 0 Å². The largest absolute Gasteiger partial charge is 0.478 e. The maximum Gasteiger partial charge on any atom is 0.335 e. The Morgan fingerprint density at radius 2 is 2.00 bits per heavy atom. The molecule has 1 heterocycles. The molecular formula is C16H21NO2. The number of nitrogens with zero attached hydrogens (tertiary/aromatic N) is 1. The molecule has 0 bridgehead atoms. The summed E-state index contributed by atoms with van der Waals surface area (Å²) in [5.74, 6) is -0.854. The molecular weight excluding hydrogens is 238 g/mol. The molecule has 3 heteroatoms. The third-order valence-corrected chi connectivity index (χ3v) is 3.93. The summed E-state index contributed by atoms with van der Waals surface area (Å²) in [5, 5.41) is 10.3. The molecule has 0 saturated carbocycles. The molecule has 102 valence electrons. The lowest BCUT2D eigenvalue weighted by Crippen LogP contribution is -1.98. The average Bonchev–Trinajstić information content (AvgIpc) is 2.60. The van der Waals surface area contributed by atoms with Crippen LogP contribution in [0.15, 0.2) is 12.1 Å². The van der Waals surface area contributed by atoms with Crippen LogP contribution in [0.4, 0.5) is 0 Å². The van der Waals surface area contributed by atoms with Crippen molar-refractivity contribution in [2.75, 3.05) is 0 Å². The van der Waals surface area contributed by atoms with Gasteiger partial charge in [0.25, 0.3) is 0 Å². The van der Waals surface area contributed by atoms with Gasteiger partial charge in [-0.3, -0.25) is 0 Å². The van der Waals surface area contributed by atoms with Crippen molar-refractivity contribution in [3.8, 4) is 0 Å². The molecule has 1 aromatic carbocycles. The van der Waals surface area contributed by atoms with Gasteiger partial charge in [-0.25, -0.2) is 4.79 Å². The number of hydrogen-bond donors (Lipinski definition) is 1. The number of unbranched alkanes of at least 4 members (excludes halogenated alkanes) is 1. The van der Waals surface area contributed by atoms with Gasteiger partial charge in [0.2, 0.25) is 0 Å². The molecule has 0 saturated heterocycles. The maximum absolute atomic E-state index is 11.2. The minimum absolute atomic E-state index is 0.383. The van der Waals surface area contributed by atoms with Gasteiger partial charge in [0.1, 0.15) is 0 Å². The van der Waals surface area contributed by atoms with Gasteiger partial charge in [-0.15, -0.1) is 0 Å². The van der Waals surface area contributed by atoms with E-state index in [0.29, 0.717) is 5.56 Å². The van der Waals surface area contributed by atoms with E-state index in [1.807, 2.05) is 13.0 Å². The topological polar surface area (TPSA) is 42.2 Å². The maximum atomic E-state index is 11.2. The Labute approximate surface area is 113 Å². The average molecular weight is 259 g/mol. The van der Waals surface area contributed by atoms with E-state index in [2.05, 4.69) is 25.5 Å². The van der Waals surface area contributed by atoms with Crippen molar-refractivity contribution in [1.82, 2.24) is 4.57 Å². The van der Waals surface area contributed by atoms with Gasteiger partial charge < -0.3 is 9.67 Å². The summed E-state index contributed by atoms with van der Waals surface area (Å²) >= 11 is 0. The Balaban J connectivity index is 2.73. The highest BCUT2D eigenvalue weighted by atomic mass is 16.4. The minimum Gasteiger partial charge on any atom is -0.478 e. The minimum atomic E-state index is -0.854. The van der Waals surface area contributed by atoms with Gasteiger partial charge in [-0.2, -0.15) is 0 Å². The van der Waals surface area contributed by atoms with Crippen LogP contribution in [0.3, 0.4) is 0 Å². The zero-order chi connectivity index (χ0) is 14.2. The van der Waals surface area contributed by atoms with Gasteiger partial charge in [-0.05, 0) is 49.9 Å². The molecule has 3 nitrogen and oxygen atoms in total. The molecule has 2 rings (SSSR count). The summed E-state index contributed by atoms with van der Waals surface area (Å²) in [6.07, 6.45) is 3.30. The number of aryl methyl sites for hydroxylation is 3. The van der Waals surface area contributed by atoms with Crippen molar-refractivity contribution in [1.29, 1.82) is 0 Å². The van der Waals surface area contributed by atoms with Crippen molar-refractivity contribution in [3.63, 3.8) is 0 Å². The molecule has 19 heavy (non-hydrogen) atoms. The molecule has 0 spiro atoms. The van der Waals surface area contributed by atoms with Crippen molar-refractivity contribution < 1.29 is 9.90 Å². The monoisotopic (exact) mass is 259 g/mol. The predicted octanol–water partition coefficient (Wildman–Crippen LogP) is 3.84. The number of fused-ring (bicyclic) bond motifs is 1. The fraction of sp³-hybridized carbons (Fsp3) is 0.438. The third-order valence-electron chi connectivity index (χ3n) is 3.93. The first-order valence-electron chi connectivity index (χ1n) is 6.79. The van der Waals surface area contributed by atoms with E-state index in [1.54, 1.807) is 6.07 Å². The van der Waals surface area contributed by atoms with Gasteiger partial charge in [-0.1, -0.05) is 13.3 Å². The summed E-state index contributed by atoms with van der Waals surface area (Å²) in [4.78, 5) is 11.2. The number of hydrogen-bond acceptors (Lipinski definition) is 1. The van der Waals surface area contributed by atoms with Gasteiger partial charge in [0.15, 0.2) is 0 Å². The third kappa shape index (κ3) is 2.25. The first-order chi connectivity index (χ1) is 8.97.